The van der Waals surface area contributed by atoms with E-state index in [-0.39, 0.29) is 6.04 Å². The van der Waals surface area contributed by atoms with Gasteiger partial charge in [0.25, 0.3) is 0 Å². The molecular formula is C17H24N2O2. The lowest BCUT2D eigenvalue weighted by molar-refractivity contribution is 0.0696. The van der Waals surface area contributed by atoms with E-state index in [1.165, 1.54) is 25.7 Å². The number of anilines is 1. The minimum absolute atomic E-state index is 0.284. The summed E-state index contributed by atoms with van der Waals surface area (Å²) in [6, 6.07) is 2.11. The van der Waals surface area contributed by atoms with Gasteiger partial charge in [0.1, 0.15) is 11.4 Å². The predicted octanol–water partition coefficient (Wildman–Crippen LogP) is 3.63. The zero-order valence-corrected chi connectivity index (χ0v) is 13.0. The summed E-state index contributed by atoms with van der Waals surface area (Å²) in [7, 11) is 0. The number of carbonyl (C=O) groups is 1. The fourth-order valence-corrected chi connectivity index (χ4v) is 4.44. The summed E-state index contributed by atoms with van der Waals surface area (Å²) < 4.78 is 0. The van der Waals surface area contributed by atoms with Gasteiger partial charge in [-0.2, -0.15) is 0 Å². The lowest BCUT2D eigenvalue weighted by atomic mass is 9.84. The Hall–Kier alpha value is -1.58. The molecule has 4 unspecified atom stereocenters. The van der Waals surface area contributed by atoms with E-state index >= 15 is 0 Å². The van der Waals surface area contributed by atoms with E-state index < -0.39 is 5.97 Å². The van der Waals surface area contributed by atoms with Crippen LogP contribution < -0.4 is 5.32 Å². The molecule has 0 aromatic carbocycles. The van der Waals surface area contributed by atoms with Gasteiger partial charge >= 0.3 is 5.97 Å². The highest BCUT2D eigenvalue weighted by molar-refractivity contribution is 5.94. The molecule has 4 atom stereocenters. The van der Waals surface area contributed by atoms with Gasteiger partial charge in [-0.1, -0.05) is 6.42 Å². The van der Waals surface area contributed by atoms with Gasteiger partial charge in [-0.25, -0.2) is 9.78 Å². The first kappa shape index (κ1) is 14.4. The maximum Gasteiger partial charge on any atom is 0.339 e. The minimum atomic E-state index is -0.900. The largest absolute Gasteiger partial charge is 0.478 e. The number of aryl methyl sites for hydroxylation is 2. The lowest BCUT2D eigenvalue weighted by Gasteiger charge is -2.29. The third kappa shape index (κ3) is 2.63. The number of carboxylic acids is 1. The standard InChI is InChI=1S/C17H24N2O2/c1-9-6-10(2)18-16(15(9)17(20)21)19-11(3)14-8-12-4-5-13(14)7-12/h6,11-14H,4-5,7-8H2,1-3H3,(H,18,19)(H,20,21). The van der Waals surface area contributed by atoms with E-state index in [0.717, 1.165) is 23.1 Å². The van der Waals surface area contributed by atoms with Crippen LogP contribution in [0.1, 0.15) is 54.2 Å². The molecule has 0 spiro atoms. The van der Waals surface area contributed by atoms with Gasteiger partial charge in [-0.15, -0.1) is 0 Å². The lowest BCUT2D eigenvalue weighted by Crippen LogP contribution is -2.31. The summed E-state index contributed by atoms with van der Waals surface area (Å²) in [4.78, 5) is 15.9. The van der Waals surface area contributed by atoms with Gasteiger partial charge in [-0.3, -0.25) is 0 Å². The van der Waals surface area contributed by atoms with E-state index in [2.05, 4.69) is 17.2 Å². The first-order valence-corrected chi connectivity index (χ1v) is 7.93. The molecule has 1 aromatic heterocycles. The van der Waals surface area contributed by atoms with Crippen LogP contribution >= 0.6 is 0 Å². The van der Waals surface area contributed by atoms with Crippen LogP contribution in [0.3, 0.4) is 0 Å². The summed E-state index contributed by atoms with van der Waals surface area (Å²) >= 11 is 0. The third-order valence-electron chi connectivity index (χ3n) is 5.36. The van der Waals surface area contributed by atoms with Gasteiger partial charge in [0.05, 0.1) is 0 Å². The SMILES string of the molecule is Cc1cc(C)c(C(=O)O)c(NC(C)C2CC3CCC2C3)n1. The number of carboxylic acid groups (broad SMARTS) is 1. The van der Waals surface area contributed by atoms with Crippen LogP contribution in [-0.4, -0.2) is 22.1 Å². The van der Waals surface area contributed by atoms with Gasteiger partial charge in [0.15, 0.2) is 0 Å². The Kier molecular flexibility index (Phi) is 3.64. The minimum Gasteiger partial charge on any atom is -0.478 e. The van der Waals surface area contributed by atoms with E-state index in [4.69, 9.17) is 0 Å². The smallest absolute Gasteiger partial charge is 0.339 e. The van der Waals surface area contributed by atoms with Crippen LogP contribution in [0.4, 0.5) is 5.82 Å². The molecule has 2 saturated carbocycles. The van der Waals surface area contributed by atoms with Crippen molar-refractivity contribution in [2.45, 2.75) is 52.5 Å². The maximum absolute atomic E-state index is 11.5. The zero-order chi connectivity index (χ0) is 15.1. The molecule has 2 aliphatic rings. The Balaban J connectivity index is 1.82. The van der Waals surface area contributed by atoms with Gasteiger partial charge < -0.3 is 10.4 Å². The van der Waals surface area contributed by atoms with E-state index in [1.807, 2.05) is 19.9 Å². The van der Waals surface area contributed by atoms with Crippen molar-refractivity contribution in [3.63, 3.8) is 0 Å². The zero-order valence-electron chi connectivity index (χ0n) is 13.0. The average molecular weight is 288 g/mol. The molecule has 2 bridgehead atoms. The highest BCUT2D eigenvalue weighted by atomic mass is 16.4. The fourth-order valence-electron chi connectivity index (χ4n) is 4.44. The van der Waals surface area contributed by atoms with Crippen LogP contribution in [0.25, 0.3) is 0 Å². The van der Waals surface area contributed by atoms with Crippen LogP contribution in [0.5, 0.6) is 0 Å². The molecule has 4 nitrogen and oxygen atoms in total. The Bertz CT molecular complexity index is 570. The van der Waals surface area contributed by atoms with E-state index in [1.54, 1.807) is 0 Å². The monoisotopic (exact) mass is 288 g/mol. The van der Waals surface area contributed by atoms with Crippen LogP contribution in [0.15, 0.2) is 6.07 Å². The molecule has 0 aliphatic heterocycles. The van der Waals surface area contributed by atoms with Crippen molar-refractivity contribution in [2.75, 3.05) is 5.32 Å². The third-order valence-corrected chi connectivity index (χ3v) is 5.36. The first-order valence-electron chi connectivity index (χ1n) is 7.93. The average Bonchev–Trinajstić information content (AvgIpc) is 2.99. The van der Waals surface area contributed by atoms with Crippen LogP contribution in [0, 0.1) is 31.6 Å². The van der Waals surface area contributed by atoms with Crippen molar-refractivity contribution in [2.24, 2.45) is 17.8 Å². The predicted molar refractivity (Wildman–Crippen MR) is 82.7 cm³/mol. The molecular weight excluding hydrogens is 264 g/mol. The number of fused-ring (bicyclic) bond motifs is 2. The van der Waals surface area contributed by atoms with Crippen molar-refractivity contribution < 1.29 is 9.90 Å². The van der Waals surface area contributed by atoms with E-state index in [9.17, 15) is 9.90 Å². The second-order valence-electron chi connectivity index (χ2n) is 6.88. The number of hydrogen-bond donors (Lipinski definition) is 2. The molecule has 21 heavy (non-hydrogen) atoms. The maximum atomic E-state index is 11.5. The number of nitrogens with one attached hydrogen (secondary N) is 1. The van der Waals surface area contributed by atoms with Gasteiger partial charge in [0.2, 0.25) is 0 Å². The molecule has 2 aliphatic carbocycles. The van der Waals surface area contributed by atoms with Crippen molar-refractivity contribution in [3.8, 4) is 0 Å². The number of rotatable bonds is 4. The van der Waals surface area contributed by atoms with Crippen LogP contribution in [-0.2, 0) is 0 Å². The number of aromatic nitrogens is 1. The van der Waals surface area contributed by atoms with Gasteiger partial charge in [0, 0.05) is 11.7 Å². The second kappa shape index (κ2) is 5.32. The molecule has 1 aromatic rings. The topological polar surface area (TPSA) is 62.2 Å². The normalized spacial score (nSPS) is 28.6. The number of aromatic carboxylic acids is 1. The van der Waals surface area contributed by atoms with Crippen LogP contribution in [0.2, 0.25) is 0 Å². The molecule has 1 heterocycles. The van der Waals surface area contributed by atoms with Gasteiger partial charge in [-0.05, 0) is 69.4 Å². The Morgan fingerprint density at radius 2 is 2.14 bits per heavy atom. The Labute approximate surface area is 126 Å². The molecule has 0 amide bonds. The highest BCUT2D eigenvalue weighted by Crippen LogP contribution is 2.49. The molecule has 2 N–H and O–H groups in total. The summed E-state index contributed by atoms with van der Waals surface area (Å²) in [5.41, 5.74) is 1.95. The van der Waals surface area contributed by atoms with Crippen molar-refractivity contribution in [3.05, 3.63) is 22.9 Å². The molecule has 114 valence electrons. The Morgan fingerprint density at radius 3 is 2.71 bits per heavy atom. The van der Waals surface area contributed by atoms with E-state index in [0.29, 0.717) is 17.3 Å². The number of pyridine rings is 1. The molecule has 2 fully saturated rings. The van der Waals surface area contributed by atoms with Crippen molar-refractivity contribution in [1.82, 2.24) is 4.98 Å². The Morgan fingerprint density at radius 1 is 1.38 bits per heavy atom. The molecule has 3 rings (SSSR count). The summed E-state index contributed by atoms with van der Waals surface area (Å²) in [5, 5.41) is 12.8. The number of nitrogens with zero attached hydrogens (tertiary/aromatic N) is 1. The number of hydrogen-bond acceptors (Lipinski definition) is 3. The summed E-state index contributed by atoms with van der Waals surface area (Å²) in [5.74, 6) is 2.01. The highest BCUT2D eigenvalue weighted by Gasteiger charge is 2.42. The second-order valence-corrected chi connectivity index (χ2v) is 6.88. The molecule has 4 heteroatoms. The van der Waals surface area contributed by atoms with Crippen molar-refractivity contribution >= 4 is 11.8 Å². The summed E-state index contributed by atoms with van der Waals surface area (Å²) in [6.45, 7) is 5.92. The fraction of sp³-hybridized carbons (Fsp3) is 0.647. The molecule has 0 saturated heterocycles. The van der Waals surface area contributed by atoms with Crippen molar-refractivity contribution in [1.29, 1.82) is 0 Å². The quantitative estimate of drug-likeness (QED) is 0.888. The molecule has 0 radical (unpaired) electrons. The first-order chi connectivity index (χ1) is 9.95. The summed E-state index contributed by atoms with van der Waals surface area (Å²) in [6.07, 6.45) is 5.37.